The number of nitrogens with zero attached hydrogens (tertiary/aromatic N) is 3. The Balaban J connectivity index is 2.29. The fourth-order valence-corrected chi connectivity index (χ4v) is 2.60. The molecule has 116 valence electrons. The van der Waals surface area contributed by atoms with Crippen LogP contribution in [0.15, 0.2) is 4.52 Å². The van der Waals surface area contributed by atoms with Crippen molar-refractivity contribution < 1.29 is 14.1 Å². The number of piperazine rings is 1. The van der Waals surface area contributed by atoms with Crippen LogP contribution >= 0.6 is 0 Å². The summed E-state index contributed by atoms with van der Waals surface area (Å²) in [6.45, 7) is 9.54. The second-order valence-electron chi connectivity index (χ2n) is 6.12. The number of aromatic nitrogens is 2. The van der Waals surface area contributed by atoms with E-state index in [1.807, 2.05) is 27.7 Å². The third-order valence-corrected chi connectivity index (χ3v) is 3.62. The summed E-state index contributed by atoms with van der Waals surface area (Å²) >= 11 is 0. The van der Waals surface area contributed by atoms with Gasteiger partial charge in [-0.2, -0.15) is 4.98 Å². The van der Waals surface area contributed by atoms with Crippen molar-refractivity contribution in [3.8, 4) is 0 Å². The highest BCUT2D eigenvalue weighted by Crippen LogP contribution is 2.22. The van der Waals surface area contributed by atoms with E-state index in [2.05, 4.69) is 15.5 Å². The van der Waals surface area contributed by atoms with Crippen LogP contribution in [0, 0.1) is 18.8 Å². The van der Waals surface area contributed by atoms with E-state index >= 15 is 0 Å². The predicted octanol–water partition coefficient (Wildman–Crippen LogP) is 0.886. The monoisotopic (exact) mass is 294 g/mol. The molecule has 1 aliphatic rings. The summed E-state index contributed by atoms with van der Waals surface area (Å²) in [5.41, 5.74) is 0. The molecule has 1 aromatic heterocycles. The minimum absolute atomic E-state index is 0.00563. The summed E-state index contributed by atoms with van der Waals surface area (Å²) in [6, 6.07) is -1.02. The van der Waals surface area contributed by atoms with Gasteiger partial charge in [-0.05, 0) is 18.8 Å². The molecule has 1 N–H and O–H groups in total. The molecule has 2 atom stereocenters. The van der Waals surface area contributed by atoms with E-state index in [1.54, 1.807) is 11.8 Å². The molecule has 1 aromatic rings. The molecule has 2 amide bonds. The van der Waals surface area contributed by atoms with Crippen molar-refractivity contribution in [1.29, 1.82) is 0 Å². The predicted molar refractivity (Wildman–Crippen MR) is 75.0 cm³/mol. The van der Waals surface area contributed by atoms with Gasteiger partial charge in [0.1, 0.15) is 18.6 Å². The molecular formula is C14H22N4O3. The Labute approximate surface area is 124 Å². The van der Waals surface area contributed by atoms with Crippen molar-refractivity contribution in [3.05, 3.63) is 11.7 Å². The number of amides is 2. The van der Waals surface area contributed by atoms with Gasteiger partial charge in [-0.25, -0.2) is 0 Å². The molecule has 1 saturated heterocycles. The van der Waals surface area contributed by atoms with E-state index < -0.39 is 12.1 Å². The molecule has 1 fully saturated rings. The van der Waals surface area contributed by atoms with Crippen LogP contribution in [-0.2, 0) is 16.1 Å². The van der Waals surface area contributed by atoms with E-state index in [4.69, 9.17) is 4.52 Å². The minimum atomic E-state index is -0.514. The highest BCUT2D eigenvalue weighted by atomic mass is 16.5. The van der Waals surface area contributed by atoms with Crippen molar-refractivity contribution in [1.82, 2.24) is 20.4 Å². The standard InChI is InChI=1S/C14H22N4O3/c1-7(2)11-14(20)18(6-10-15-9(5)17-21-10)12(8(3)4)13(19)16-11/h7-8,11-12H,6H2,1-5H3,(H,16,19). The zero-order chi connectivity index (χ0) is 15.7. The van der Waals surface area contributed by atoms with E-state index in [0.717, 1.165) is 0 Å². The van der Waals surface area contributed by atoms with Crippen LogP contribution in [0.2, 0.25) is 0 Å². The number of carbonyl (C=O) groups is 2. The molecule has 7 heteroatoms. The molecule has 2 rings (SSSR count). The topological polar surface area (TPSA) is 88.3 Å². The van der Waals surface area contributed by atoms with Gasteiger partial charge >= 0.3 is 0 Å². The summed E-state index contributed by atoms with van der Waals surface area (Å²) in [7, 11) is 0. The lowest BCUT2D eigenvalue weighted by Gasteiger charge is -2.41. The highest BCUT2D eigenvalue weighted by molar-refractivity contribution is 5.97. The Hall–Kier alpha value is -1.92. The summed E-state index contributed by atoms with van der Waals surface area (Å²) in [4.78, 5) is 30.7. The summed E-state index contributed by atoms with van der Waals surface area (Å²) < 4.78 is 5.09. The Morgan fingerprint density at radius 1 is 1.24 bits per heavy atom. The number of rotatable bonds is 4. The molecule has 0 aromatic carbocycles. The van der Waals surface area contributed by atoms with Gasteiger partial charge in [0, 0.05) is 0 Å². The van der Waals surface area contributed by atoms with Crippen LogP contribution in [0.25, 0.3) is 0 Å². The smallest absolute Gasteiger partial charge is 0.246 e. The Morgan fingerprint density at radius 3 is 2.38 bits per heavy atom. The fraction of sp³-hybridized carbons (Fsp3) is 0.714. The normalized spacial score (nSPS) is 23.1. The van der Waals surface area contributed by atoms with Crippen LogP contribution in [0.3, 0.4) is 0 Å². The number of aryl methyl sites for hydroxylation is 1. The van der Waals surface area contributed by atoms with Crippen LogP contribution in [-0.4, -0.2) is 38.9 Å². The molecule has 21 heavy (non-hydrogen) atoms. The average Bonchev–Trinajstić information content (AvgIpc) is 2.78. The van der Waals surface area contributed by atoms with Gasteiger partial charge in [-0.1, -0.05) is 32.9 Å². The average molecular weight is 294 g/mol. The summed E-state index contributed by atoms with van der Waals surface area (Å²) in [6.07, 6.45) is 0. The maximum absolute atomic E-state index is 12.7. The molecule has 2 heterocycles. The SMILES string of the molecule is Cc1noc(CN2C(=O)C(C(C)C)NC(=O)C2C(C)C)n1. The lowest BCUT2D eigenvalue weighted by molar-refractivity contribution is -0.153. The highest BCUT2D eigenvalue weighted by Gasteiger charge is 2.43. The molecule has 0 saturated carbocycles. The van der Waals surface area contributed by atoms with E-state index in [-0.39, 0.29) is 30.2 Å². The molecular weight excluding hydrogens is 272 g/mol. The first-order chi connectivity index (χ1) is 9.81. The maximum atomic E-state index is 12.7. The van der Waals surface area contributed by atoms with Gasteiger partial charge in [0.05, 0.1) is 0 Å². The number of hydrogen-bond acceptors (Lipinski definition) is 5. The van der Waals surface area contributed by atoms with Crippen LogP contribution in [0.1, 0.15) is 39.4 Å². The van der Waals surface area contributed by atoms with Gasteiger partial charge in [-0.3, -0.25) is 9.59 Å². The zero-order valence-electron chi connectivity index (χ0n) is 13.1. The first-order valence-corrected chi connectivity index (χ1v) is 7.21. The van der Waals surface area contributed by atoms with Crippen molar-refractivity contribution >= 4 is 11.8 Å². The molecule has 1 aliphatic heterocycles. The number of carbonyl (C=O) groups excluding carboxylic acids is 2. The van der Waals surface area contributed by atoms with Crippen molar-refractivity contribution in [3.63, 3.8) is 0 Å². The Bertz CT molecular complexity index is 538. The van der Waals surface area contributed by atoms with E-state index in [1.165, 1.54) is 0 Å². The van der Waals surface area contributed by atoms with Gasteiger partial charge in [0.15, 0.2) is 5.82 Å². The third-order valence-electron chi connectivity index (χ3n) is 3.62. The molecule has 0 aliphatic carbocycles. The fourth-order valence-electron chi connectivity index (χ4n) is 2.60. The minimum Gasteiger partial charge on any atom is -0.342 e. The van der Waals surface area contributed by atoms with Gasteiger partial charge in [0.2, 0.25) is 17.7 Å². The van der Waals surface area contributed by atoms with Crippen LogP contribution in [0.5, 0.6) is 0 Å². The van der Waals surface area contributed by atoms with Crippen molar-refractivity contribution in [2.75, 3.05) is 0 Å². The van der Waals surface area contributed by atoms with E-state index in [9.17, 15) is 9.59 Å². The lowest BCUT2D eigenvalue weighted by Crippen LogP contribution is -2.65. The quantitative estimate of drug-likeness (QED) is 0.890. The maximum Gasteiger partial charge on any atom is 0.246 e. The Kier molecular flexibility index (Phi) is 4.29. The third kappa shape index (κ3) is 3.06. The molecule has 2 unspecified atom stereocenters. The second kappa shape index (κ2) is 5.83. The lowest BCUT2D eigenvalue weighted by atomic mass is 9.93. The first-order valence-electron chi connectivity index (χ1n) is 7.21. The Morgan fingerprint density at radius 2 is 1.90 bits per heavy atom. The van der Waals surface area contributed by atoms with Crippen molar-refractivity contribution in [2.45, 2.75) is 53.2 Å². The van der Waals surface area contributed by atoms with Crippen molar-refractivity contribution in [2.24, 2.45) is 11.8 Å². The van der Waals surface area contributed by atoms with Gasteiger partial charge < -0.3 is 14.7 Å². The largest absolute Gasteiger partial charge is 0.342 e. The summed E-state index contributed by atoms with van der Waals surface area (Å²) in [5, 5.41) is 6.55. The van der Waals surface area contributed by atoms with Gasteiger partial charge in [0.25, 0.3) is 0 Å². The first kappa shape index (κ1) is 15.5. The zero-order valence-corrected chi connectivity index (χ0v) is 13.1. The number of nitrogens with one attached hydrogen (secondary N) is 1. The molecule has 0 radical (unpaired) electrons. The van der Waals surface area contributed by atoms with Crippen LogP contribution < -0.4 is 5.32 Å². The van der Waals surface area contributed by atoms with E-state index in [0.29, 0.717) is 11.7 Å². The molecule has 0 bridgehead atoms. The second-order valence-corrected chi connectivity index (χ2v) is 6.12. The molecule has 0 spiro atoms. The molecule has 7 nitrogen and oxygen atoms in total. The summed E-state index contributed by atoms with van der Waals surface area (Å²) in [5.74, 6) is 0.676. The number of hydrogen-bond donors (Lipinski definition) is 1. The van der Waals surface area contributed by atoms with Gasteiger partial charge in [-0.15, -0.1) is 0 Å². The van der Waals surface area contributed by atoms with Crippen LogP contribution in [0.4, 0.5) is 0 Å².